The Labute approximate surface area is 354 Å². The van der Waals surface area contributed by atoms with Crippen molar-refractivity contribution in [2.45, 2.75) is 95.7 Å². The zero-order valence-electron chi connectivity index (χ0n) is 33.9. The second-order valence-electron chi connectivity index (χ2n) is 15.7. The normalized spacial score (nSPS) is 22.5. The summed E-state index contributed by atoms with van der Waals surface area (Å²) in [6.07, 6.45) is -0.392. The van der Waals surface area contributed by atoms with Crippen LogP contribution < -0.4 is 4.74 Å². The van der Waals surface area contributed by atoms with Crippen molar-refractivity contribution in [3.63, 3.8) is 0 Å². The third kappa shape index (κ3) is 9.99. The fraction of sp³-hybridized carbons (Fsp3) is 0.308. The summed E-state index contributed by atoms with van der Waals surface area (Å²) < 4.78 is 42.2. The van der Waals surface area contributed by atoms with E-state index < -0.39 is 30.0 Å². The highest BCUT2D eigenvalue weighted by atomic mass is 35.5. The van der Waals surface area contributed by atoms with Crippen molar-refractivity contribution in [1.29, 1.82) is 0 Å². The molecule has 1 spiro atoms. The topological polar surface area (TPSA) is 55.4 Å². The third-order valence-corrected chi connectivity index (χ3v) is 11.7. The Balaban J connectivity index is 1.24. The van der Waals surface area contributed by atoms with Crippen molar-refractivity contribution in [3.8, 4) is 5.75 Å². The molecule has 2 aliphatic heterocycles. The fourth-order valence-corrected chi connectivity index (χ4v) is 8.63. The number of hydrogen-bond donors (Lipinski definition) is 0. The van der Waals surface area contributed by atoms with Gasteiger partial charge in [-0.05, 0) is 70.8 Å². The first-order chi connectivity index (χ1) is 29.0. The first-order valence-electron chi connectivity index (χ1n) is 20.8. The van der Waals surface area contributed by atoms with E-state index >= 15 is 0 Å². The number of ether oxygens (including phenoxy) is 6. The maximum Gasteiger partial charge on any atom is 0.129 e. The van der Waals surface area contributed by atoms with Gasteiger partial charge in [0.25, 0.3) is 0 Å². The van der Waals surface area contributed by atoms with E-state index in [0.717, 1.165) is 39.8 Å². The molecule has 2 aliphatic rings. The van der Waals surface area contributed by atoms with E-state index in [4.69, 9.17) is 40.0 Å². The van der Waals surface area contributed by atoms with E-state index in [-0.39, 0.29) is 12.7 Å². The average molecular weight is 809 g/mol. The van der Waals surface area contributed by atoms with E-state index in [0.29, 0.717) is 50.0 Å². The molecule has 6 atom stereocenters. The Morgan fingerprint density at radius 2 is 1.10 bits per heavy atom. The summed E-state index contributed by atoms with van der Waals surface area (Å²) in [7, 11) is 0. The number of fused-ring (bicyclic) bond motifs is 2. The molecule has 0 radical (unpaired) electrons. The van der Waals surface area contributed by atoms with Gasteiger partial charge in [-0.25, -0.2) is 0 Å². The number of aryl methyl sites for hydroxylation is 1. The van der Waals surface area contributed by atoms with Crippen molar-refractivity contribution in [1.82, 2.24) is 0 Å². The minimum atomic E-state index is -1.03. The predicted octanol–water partition coefficient (Wildman–Crippen LogP) is 11.2. The average Bonchev–Trinajstić information content (AvgIpc) is 3.27. The van der Waals surface area contributed by atoms with Gasteiger partial charge in [-0.1, -0.05) is 164 Å². The highest BCUT2D eigenvalue weighted by molar-refractivity contribution is 6.31. The zero-order chi connectivity index (χ0) is 40.4. The zero-order valence-corrected chi connectivity index (χ0v) is 34.6. The lowest BCUT2D eigenvalue weighted by Crippen LogP contribution is -2.67. The number of rotatable bonds is 16. The minimum Gasteiger partial charge on any atom is -0.490 e. The van der Waals surface area contributed by atoms with E-state index in [1.165, 1.54) is 11.1 Å². The first-order valence-corrected chi connectivity index (χ1v) is 21.2. The van der Waals surface area contributed by atoms with Crippen LogP contribution in [0.25, 0.3) is 0 Å². The Bertz CT molecular complexity index is 2200. The van der Waals surface area contributed by atoms with Crippen LogP contribution in [0.15, 0.2) is 158 Å². The number of halogens is 1. The summed E-state index contributed by atoms with van der Waals surface area (Å²) in [5.74, 6) is 0.682. The summed E-state index contributed by atoms with van der Waals surface area (Å²) in [5.41, 5.74) is 7.56. The third-order valence-electron chi connectivity index (χ3n) is 11.4. The second kappa shape index (κ2) is 19.5. The molecule has 0 aliphatic carbocycles. The predicted molar refractivity (Wildman–Crippen MR) is 232 cm³/mol. The van der Waals surface area contributed by atoms with Gasteiger partial charge in [-0.15, -0.1) is 0 Å². The second-order valence-corrected chi connectivity index (χ2v) is 16.1. The highest BCUT2D eigenvalue weighted by Crippen LogP contribution is 2.52. The molecule has 8 rings (SSSR count). The van der Waals surface area contributed by atoms with Gasteiger partial charge in [0, 0.05) is 17.0 Å². The quantitative estimate of drug-likeness (QED) is 0.0971. The molecule has 6 aromatic carbocycles. The molecular formula is C52H53ClO6. The molecule has 0 aromatic heterocycles. The molecule has 7 heteroatoms. The Morgan fingerprint density at radius 1 is 0.593 bits per heavy atom. The lowest BCUT2D eigenvalue weighted by molar-refractivity contribution is -0.321. The van der Waals surface area contributed by atoms with Crippen LogP contribution in [0.4, 0.5) is 0 Å². The molecular weight excluding hydrogens is 756 g/mol. The lowest BCUT2D eigenvalue weighted by atomic mass is 9.74. The highest BCUT2D eigenvalue weighted by Gasteiger charge is 2.60. The Hall–Kier alpha value is -4.79. The SMILES string of the molecule is CCc1ccc(Cc2cc3c(cc2Cl)OC(C)CC32O[C@H](COCc3ccccc3)[C@@H](OCc3ccccc3)[C@H](OCc3ccccc3)[C@H]2OCc2ccccc2)cc1. The monoisotopic (exact) mass is 808 g/mol. The summed E-state index contributed by atoms with van der Waals surface area (Å²) >= 11 is 7.13. The summed E-state index contributed by atoms with van der Waals surface area (Å²) in [4.78, 5) is 0. The van der Waals surface area contributed by atoms with Gasteiger partial charge >= 0.3 is 0 Å². The molecule has 0 bridgehead atoms. The van der Waals surface area contributed by atoms with Crippen LogP contribution in [-0.4, -0.2) is 37.1 Å². The van der Waals surface area contributed by atoms with Gasteiger partial charge < -0.3 is 28.4 Å². The van der Waals surface area contributed by atoms with Crippen molar-refractivity contribution in [2.24, 2.45) is 0 Å². The Kier molecular flexibility index (Phi) is 13.6. The smallest absolute Gasteiger partial charge is 0.129 e. The van der Waals surface area contributed by atoms with Crippen molar-refractivity contribution in [3.05, 3.63) is 207 Å². The van der Waals surface area contributed by atoms with Gasteiger partial charge in [-0.3, -0.25) is 0 Å². The molecule has 1 saturated heterocycles. The Morgan fingerprint density at radius 3 is 1.66 bits per heavy atom. The van der Waals surface area contributed by atoms with Crippen molar-refractivity contribution < 1.29 is 28.4 Å². The maximum atomic E-state index is 7.63. The number of hydrogen-bond acceptors (Lipinski definition) is 6. The number of benzene rings is 6. The van der Waals surface area contributed by atoms with E-state index in [9.17, 15) is 0 Å². The summed E-state index contributed by atoms with van der Waals surface area (Å²) in [6.45, 7) is 6.00. The van der Waals surface area contributed by atoms with Crippen molar-refractivity contribution in [2.75, 3.05) is 6.61 Å². The van der Waals surface area contributed by atoms with Gasteiger partial charge in [0.15, 0.2) is 0 Å². The van der Waals surface area contributed by atoms with E-state index in [1.54, 1.807) is 0 Å². The van der Waals surface area contributed by atoms with Crippen LogP contribution in [-0.2, 0) is 68.6 Å². The molecule has 2 heterocycles. The first kappa shape index (κ1) is 41.0. The molecule has 59 heavy (non-hydrogen) atoms. The van der Waals surface area contributed by atoms with E-state index in [1.807, 2.05) is 78.9 Å². The van der Waals surface area contributed by atoms with Crippen LogP contribution in [0.5, 0.6) is 5.75 Å². The molecule has 0 saturated carbocycles. The van der Waals surface area contributed by atoms with E-state index in [2.05, 4.69) is 92.7 Å². The standard InChI is InChI=1S/C52H53ClO6/c1-3-38-24-26-39(27-25-38)28-44-29-45-47(30-46(44)53)58-37(2)31-52(45)51(57-35-43-22-14-7-15-23-43)50(56-34-42-20-12-6-13-21-42)49(55-33-41-18-10-5-11-19-41)48(59-52)36-54-32-40-16-8-4-9-17-40/h4-27,29-30,37,48-51H,3,28,31-36H2,1-2H3/t37?,48-,49-,50+,51-,52?/m1/s1. The largest absolute Gasteiger partial charge is 0.490 e. The van der Waals surface area contributed by atoms with Gasteiger partial charge in [0.2, 0.25) is 0 Å². The van der Waals surface area contributed by atoms with Gasteiger partial charge in [0.1, 0.15) is 35.8 Å². The molecule has 304 valence electrons. The molecule has 2 unspecified atom stereocenters. The van der Waals surface area contributed by atoms with Gasteiger partial charge in [0.05, 0.1) is 39.1 Å². The van der Waals surface area contributed by atoms with Crippen LogP contribution in [0, 0.1) is 0 Å². The maximum absolute atomic E-state index is 7.63. The molecule has 0 amide bonds. The van der Waals surface area contributed by atoms with Crippen LogP contribution >= 0.6 is 11.6 Å². The van der Waals surface area contributed by atoms with Crippen LogP contribution in [0.3, 0.4) is 0 Å². The van der Waals surface area contributed by atoms with Crippen LogP contribution in [0.2, 0.25) is 5.02 Å². The van der Waals surface area contributed by atoms with Gasteiger partial charge in [-0.2, -0.15) is 0 Å². The fourth-order valence-electron chi connectivity index (χ4n) is 8.41. The molecule has 6 nitrogen and oxygen atoms in total. The summed E-state index contributed by atoms with van der Waals surface area (Å²) in [5, 5.41) is 0.647. The lowest BCUT2D eigenvalue weighted by Gasteiger charge is -2.55. The molecule has 6 aromatic rings. The summed E-state index contributed by atoms with van der Waals surface area (Å²) in [6, 6.07) is 53.9. The van der Waals surface area contributed by atoms with Crippen LogP contribution in [0.1, 0.15) is 64.8 Å². The molecule has 0 N–H and O–H groups in total. The van der Waals surface area contributed by atoms with Crippen molar-refractivity contribution >= 4 is 11.6 Å². The molecule has 1 fully saturated rings. The minimum absolute atomic E-state index is 0.226.